The molecule has 250 valence electrons. The van der Waals surface area contributed by atoms with Gasteiger partial charge < -0.3 is 29.7 Å². The number of likely N-dealkylation sites (tertiary alicyclic amines) is 1. The first-order chi connectivity index (χ1) is 22.6. The van der Waals surface area contributed by atoms with Gasteiger partial charge in [-0.1, -0.05) is 54.6 Å². The highest BCUT2D eigenvalue weighted by atomic mass is 16.6. The quantitative estimate of drug-likeness (QED) is 0.236. The van der Waals surface area contributed by atoms with E-state index in [9.17, 15) is 24.3 Å². The van der Waals surface area contributed by atoms with Gasteiger partial charge in [-0.05, 0) is 62.8 Å². The number of fused-ring (bicyclic) bond motifs is 1. The van der Waals surface area contributed by atoms with E-state index in [4.69, 9.17) is 9.47 Å². The summed E-state index contributed by atoms with van der Waals surface area (Å²) in [7, 11) is 0. The van der Waals surface area contributed by atoms with Gasteiger partial charge in [-0.25, -0.2) is 0 Å². The number of carbonyl (C=O) groups is 4. The fourth-order valence-corrected chi connectivity index (χ4v) is 7.44. The summed E-state index contributed by atoms with van der Waals surface area (Å²) >= 11 is 0. The Bertz CT molecular complexity index is 1530. The first-order valence-electron chi connectivity index (χ1n) is 16.3. The molecule has 2 aromatic carbocycles. The molecule has 2 bridgehead atoms. The predicted molar refractivity (Wildman–Crippen MR) is 177 cm³/mol. The molecule has 1 spiro atoms. The van der Waals surface area contributed by atoms with Gasteiger partial charge in [0.25, 0.3) is 5.91 Å². The van der Waals surface area contributed by atoms with Crippen LogP contribution < -0.4 is 10.2 Å². The molecule has 7 atom stereocenters. The lowest BCUT2D eigenvalue weighted by atomic mass is 9.70. The highest BCUT2D eigenvalue weighted by molar-refractivity contribution is 6.05. The van der Waals surface area contributed by atoms with Crippen LogP contribution in [0.4, 0.5) is 5.69 Å². The van der Waals surface area contributed by atoms with Crippen molar-refractivity contribution in [1.82, 2.24) is 10.2 Å². The van der Waals surface area contributed by atoms with Crippen molar-refractivity contribution in [3.63, 3.8) is 0 Å². The van der Waals surface area contributed by atoms with Gasteiger partial charge in [-0.2, -0.15) is 0 Å². The number of esters is 1. The van der Waals surface area contributed by atoms with Gasteiger partial charge in [0.15, 0.2) is 0 Å². The topological polar surface area (TPSA) is 125 Å². The Morgan fingerprint density at radius 2 is 1.91 bits per heavy atom. The summed E-state index contributed by atoms with van der Waals surface area (Å²) in [6.07, 6.45) is 3.52. The summed E-state index contributed by atoms with van der Waals surface area (Å²) in [5, 5.41) is 13.1. The molecule has 0 aromatic heterocycles. The molecule has 3 amide bonds. The van der Waals surface area contributed by atoms with Crippen LogP contribution in [0.25, 0.3) is 0 Å². The number of aryl methyl sites for hydroxylation is 2. The SMILES string of the molecule is C=CCCC(=O)NC[C@@H](OC(=O)[C@@H]1[C@H]2C(=O)N([C@H](C)CO)[C@H](C(=O)N(CC=C)c3cc(C)ccc3C)[C@]23CC[C@H]1O3)c1ccccc1. The number of hydrogen-bond donors (Lipinski definition) is 2. The normalized spacial score (nSPS) is 25.5. The molecule has 0 radical (unpaired) electrons. The van der Waals surface area contributed by atoms with Crippen LogP contribution in [-0.4, -0.2) is 77.2 Å². The van der Waals surface area contributed by atoms with Crippen molar-refractivity contribution in [3.8, 4) is 0 Å². The molecular formula is C37H45N3O7. The van der Waals surface area contributed by atoms with Crippen LogP contribution in [0.15, 0.2) is 73.8 Å². The van der Waals surface area contributed by atoms with Gasteiger partial charge >= 0.3 is 5.97 Å². The lowest BCUT2D eigenvalue weighted by Crippen LogP contribution is -2.58. The zero-order valence-electron chi connectivity index (χ0n) is 27.4. The Balaban J connectivity index is 1.48. The summed E-state index contributed by atoms with van der Waals surface area (Å²) in [6.45, 7) is 13.0. The fraction of sp³-hybridized carbons (Fsp3) is 0.459. The largest absolute Gasteiger partial charge is 0.455 e. The minimum absolute atomic E-state index is 0.0505. The first kappa shape index (κ1) is 34.1. The minimum Gasteiger partial charge on any atom is -0.455 e. The summed E-state index contributed by atoms with van der Waals surface area (Å²) in [6, 6.07) is 13.2. The molecule has 3 aliphatic rings. The molecule has 3 fully saturated rings. The van der Waals surface area contributed by atoms with Crippen LogP contribution in [0, 0.1) is 25.7 Å². The lowest BCUT2D eigenvalue weighted by Gasteiger charge is -2.38. The number of rotatable bonds is 14. The van der Waals surface area contributed by atoms with E-state index >= 15 is 0 Å². The van der Waals surface area contributed by atoms with Crippen molar-refractivity contribution in [2.45, 2.75) is 76.3 Å². The van der Waals surface area contributed by atoms with E-state index in [1.807, 2.05) is 62.4 Å². The third-order valence-corrected chi connectivity index (χ3v) is 9.71. The van der Waals surface area contributed by atoms with E-state index < -0.39 is 53.6 Å². The zero-order valence-corrected chi connectivity index (χ0v) is 27.4. The van der Waals surface area contributed by atoms with Gasteiger partial charge in [0.05, 0.1) is 37.1 Å². The standard InChI is InChI=1S/C37H45N3O7/c1-6-8-14-30(42)38-21-29(26-12-10-9-11-13-26)46-36(45)31-28-17-18-37(47-28)32(31)34(43)40(25(5)22-41)33(37)35(44)39(19-7-2)27-20-23(3)15-16-24(27)4/h6-7,9-13,15-16,20,25,28-29,31-33,41H,1-2,8,14,17-19,21-22H2,3-5H3,(H,38,42)/t25-,28-,29-,31+,32+,33-,37+/m1/s1. The molecule has 2 N–H and O–H groups in total. The summed E-state index contributed by atoms with van der Waals surface area (Å²) < 4.78 is 12.7. The van der Waals surface area contributed by atoms with Crippen molar-refractivity contribution in [1.29, 1.82) is 0 Å². The summed E-state index contributed by atoms with van der Waals surface area (Å²) in [4.78, 5) is 58.7. The van der Waals surface area contributed by atoms with Crippen LogP contribution in [0.3, 0.4) is 0 Å². The van der Waals surface area contributed by atoms with E-state index in [2.05, 4.69) is 18.5 Å². The Morgan fingerprint density at radius 1 is 1.17 bits per heavy atom. The monoisotopic (exact) mass is 643 g/mol. The second-order valence-electron chi connectivity index (χ2n) is 12.8. The lowest BCUT2D eigenvalue weighted by molar-refractivity contribution is -0.161. The Kier molecular flexibility index (Phi) is 10.3. The maximum absolute atomic E-state index is 14.7. The van der Waals surface area contributed by atoms with E-state index in [1.165, 1.54) is 4.90 Å². The smallest absolute Gasteiger partial charge is 0.313 e. The first-order valence-corrected chi connectivity index (χ1v) is 16.3. The number of benzene rings is 2. The average Bonchev–Trinajstić information content (AvgIpc) is 3.72. The number of aliphatic hydroxyl groups is 1. The molecule has 2 aromatic rings. The van der Waals surface area contributed by atoms with Crippen LogP contribution in [0.2, 0.25) is 0 Å². The van der Waals surface area contributed by atoms with Crippen molar-refractivity contribution in [2.24, 2.45) is 11.8 Å². The van der Waals surface area contributed by atoms with Crippen molar-refractivity contribution >= 4 is 29.4 Å². The predicted octanol–water partition coefficient (Wildman–Crippen LogP) is 3.94. The molecule has 10 heteroatoms. The third kappa shape index (κ3) is 6.36. The van der Waals surface area contributed by atoms with E-state index in [0.717, 1.165) is 11.1 Å². The molecule has 3 saturated heterocycles. The number of anilines is 1. The fourth-order valence-electron chi connectivity index (χ4n) is 7.44. The van der Waals surface area contributed by atoms with Crippen molar-refractivity contribution in [3.05, 3.63) is 90.5 Å². The number of nitrogens with zero attached hydrogens (tertiary/aromatic N) is 2. The Labute approximate surface area is 276 Å². The summed E-state index contributed by atoms with van der Waals surface area (Å²) in [5.74, 6) is -3.51. The molecule has 10 nitrogen and oxygen atoms in total. The van der Waals surface area contributed by atoms with Crippen molar-refractivity contribution < 1.29 is 33.8 Å². The van der Waals surface area contributed by atoms with Crippen molar-refractivity contribution in [2.75, 3.05) is 24.6 Å². The Hall–Kier alpha value is -4.28. The number of allylic oxidation sites excluding steroid dienone is 1. The van der Waals surface area contributed by atoms with E-state index in [1.54, 1.807) is 24.0 Å². The van der Waals surface area contributed by atoms with E-state index in [0.29, 0.717) is 30.5 Å². The molecule has 5 rings (SSSR count). The number of hydrogen-bond acceptors (Lipinski definition) is 7. The molecule has 0 unspecified atom stereocenters. The average molecular weight is 644 g/mol. The summed E-state index contributed by atoms with van der Waals surface area (Å²) in [5.41, 5.74) is 1.97. The van der Waals surface area contributed by atoms with Gasteiger partial charge in [-0.15, -0.1) is 13.2 Å². The molecule has 3 heterocycles. The second-order valence-corrected chi connectivity index (χ2v) is 12.8. The van der Waals surface area contributed by atoms with Crippen LogP contribution in [0.1, 0.15) is 55.4 Å². The maximum atomic E-state index is 14.7. The Morgan fingerprint density at radius 3 is 2.60 bits per heavy atom. The third-order valence-electron chi connectivity index (χ3n) is 9.71. The number of aliphatic hydroxyl groups excluding tert-OH is 1. The molecule has 0 aliphatic carbocycles. The van der Waals surface area contributed by atoms with Crippen LogP contribution in [0.5, 0.6) is 0 Å². The van der Waals surface area contributed by atoms with Gasteiger partial charge in [0, 0.05) is 18.7 Å². The van der Waals surface area contributed by atoms with Gasteiger partial charge in [0.1, 0.15) is 17.7 Å². The minimum atomic E-state index is -1.27. The van der Waals surface area contributed by atoms with Gasteiger partial charge in [0.2, 0.25) is 11.8 Å². The maximum Gasteiger partial charge on any atom is 0.313 e. The van der Waals surface area contributed by atoms with E-state index in [-0.39, 0.29) is 37.9 Å². The number of carbonyl (C=O) groups excluding carboxylic acids is 4. The molecular weight excluding hydrogens is 598 g/mol. The zero-order chi connectivity index (χ0) is 33.9. The second kappa shape index (κ2) is 14.2. The number of nitrogens with one attached hydrogen (secondary N) is 1. The number of ether oxygens (including phenoxy) is 2. The molecule has 47 heavy (non-hydrogen) atoms. The highest BCUT2D eigenvalue weighted by Crippen LogP contribution is 2.59. The van der Waals surface area contributed by atoms with Gasteiger partial charge in [-0.3, -0.25) is 19.2 Å². The van der Waals surface area contributed by atoms with Crippen LogP contribution in [-0.2, 0) is 28.7 Å². The molecule has 3 aliphatic heterocycles. The molecule has 0 saturated carbocycles. The highest BCUT2D eigenvalue weighted by Gasteiger charge is 2.75. The number of amides is 3. The van der Waals surface area contributed by atoms with Crippen LogP contribution >= 0.6 is 0 Å².